The lowest BCUT2D eigenvalue weighted by atomic mass is 10.2. The van der Waals surface area contributed by atoms with Crippen LogP contribution in [-0.2, 0) is 14.3 Å². The van der Waals surface area contributed by atoms with Crippen LogP contribution in [0, 0.1) is 0 Å². The first kappa shape index (κ1) is 16.9. The highest BCUT2D eigenvalue weighted by atomic mass is 16.6. The summed E-state index contributed by atoms with van der Waals surface area (Å²) >= 11 is 0. The number of hydrogen-bond acceptors (Lipinski definition) is 6. The molecule has 0 aromatic carbocycles. The Morgan fingerprint density at radius 1 is 1.43 bits per heavy atom. The number of carboxylic acid groups (broad SMARTS) is 1. The van der Waals surface area contributed by atoms with E-state index >= 15 is 0 Å². The van der Waals surface area contributed by atoms with Crippen molar-refractivity contribution in [2.45, 2.75) is 44.9 Å². The van der Waals surface area contributed by atoms with Crippen molar-refractivity contribution in [1.82, 2.24) is 9.55 Å². The molecule has 0 unspecified atom stereocenters. The number of amides is 1. The predicted molar refractivity (Wildman–Crippen MR) is 79.4 cm³/mol. The molecule has 0 bridgehead atoms. The van der Waals surface area contributed by atoms with Gasteiger partial charge >= 0.3 is 12.1 Å². The maximum absolute atomic E-state index is 12.5. The van der Waals surface area contributed by atoms with Gasteiger partial charge in [-0.2, -0.15) is 0 Å². The number of rotatable bonds is 3. The summed E-state index contributed by atoms with van der Waals surface area (Å²) in [5.41, 5.74) is -1.53. The average Bonchev–Trinajstić information content (AvgIpc) is 2.79. The molecule has 1 aliphatic heterocycles. The second-order valence-electron chi connectivity index (χ2n) is 6.15. The van der Waals surface area contributed by atoms with Gasteiger partial charge in [-0.05, 0) is 20.8 Å². The summed E-state index contributed by atoms with van der Waals surface area (Å²) in [5.74, 6) is -0.941. The molecule has 2 rings (SSSR count). The lowest BCUT2D eigenvalue weighted by molar-refractivity contribution is -0.141. The molecule has 0 saturated heterocycles. The molecule has 1 aliphatic rings. The van der Waals surface area contributed by atoms with Crippen LogP contribution in [0.2, 0.25) is 0 Å². The van der Waals surface area contributed by atoms with Crippen LogP contribution in [0.3, 0.4) is 0 Å². The number of anilines is 1. The van der Waals surface area contributed by atoms with E-state index in [1.54, 1.807) is 20.8 Å². The molecule has 9 heteroatoms. The second-order valence-corrected chi connectivity index (χ2v) is 6.15. The monoisotopic (exact) mass is 325 g/mol. The lowest BCUT2D eigenvalue weighted by Crippen LogP contribution is -2.33. The minimum absolute atomic E-state index is 0.101. The number of carbonyl (C=O) groups is 2. The highest BCUT2D eigenvalue weighted by Crippen LogP contribution is 2.34. The molecule has 2 atom stereocenters. The lowest BCUT2D eigenvalue weighted by Gasteiger charge is -2.19. The number of hydrogen-bond donors (Lipinski definition) is 2. The zero-order chi connectivity index (χ0) is 17.4. The van der Waals surface area contributed by atoms with E-state index in [0.717, 1.165) is 4.57 Å². The largest absolute Gasteiger partial charge is 0.480 e. The smallest absolute Gasteiger partial charge is 0.412 e. The number of nitrogens with zero attached hydrogens (tertiary/aromatic N) is 2. The van der Waals surface area contributed by atoms with Crippen LogP contribution in [-0.4, -0.2) is 39.4 Å². The fourth-order valence-corrected chi connectivity index (χ4v) is 2.35. The van der Waals surface area contributed by atoms with Gasteiger partial charge in [0.15, 0.2) is 0 Å². The quantitative estimate of drug-likeness (QED) is 0.859. The normalized spacial score (nSPS) is 20.0. The Balaban J connectivity index is 2.36. The molecule has 1 aromatic rings. The number of aromatic nitrogens is 2. The molecule has 23 heavy (non-hydrogen) atoms. The zero-order valence-corrected chi connectivity index (χ0v) is 13.3. The summed E-state index contributed by atoms with van der Waals surface area (Å²) in [4.78, 5) is 39.6. The Kier molecular flexibility index (Phi) is 4.42. The van der Waals surface area contributed by atoms with Crippen molar-refractivity contribution in [2.24, 2.45) is 0 Å². The number of ether oxygens (including phenoxy) is 2. The fourth-order valence-electron chi connectivity index (χ4n) is 2.35. The van der Waals surface area contributed by atoms with Gasteiger partial charge in [-0.1, -0.05) is 0 Å². The van der Waals surface area contributed by atoms with Crippen LogP contribution in [0.5, 0.6) is 0 Å². The maximum atomic E-state index is 12.5. The summed E-state index contributed by atoms with van der Waals surface area (Å²) in [7, 11) is 1.41. The van der Waals surface area contributed by atoms with E-state index in [9.17, 15) is 19.5 Å². The highest BCUT2D eigenvalue weighted by Gasteiger charge is 2.38. The van der Waals surface area contributed by atoms with Crippen molar-refractivity contribution in [3.05, 3.63) is 22.4 Å². The van der Waals surface area contributed by atoms with Crippen molar-refractivity contribution in [2.75, 3.05) is 12.4 Å². The van der Waals surface area contributed by atoms with Crippen molar-refractivity contribution in [1.29, 1.82) is 0 Å². The molecule has 1 amide bonds. The summed E-state index contributed by atoms with van der Waals surface area (Å²) in [6.45, 7) is 5.05. The molecule has 0 fully saturated rings. The maximum Gasteiger partial charge on any atom is 0.412 e. The highest BCUT2D eigenvalue weighted by molar-refractivity contribution is 5.84. The van der Waals surface area contributed by atoms with Crippen LogP contribution in [0.25, 0.3) is 0 Å². The van der Waals surface area contributed by atoms with Gasteiger partial charge in [-0.15, -0.1) is 0 Å². The first-order chi connectivity index (χ1) is 10.6. The van der Waals surface area contributed by atoms with E-state index < -0.39 is 35.4 Å². The van der Waals surface area contributed by atoms with Gasteiger partial charge in [0, 0.05) is 13.5 Å². The fraction of sp³-hybridized carbons (Fsp3) is 0.571. The van der Waals surface area contributed by atoms with Crippen LogP contribution in [0.4, 0.5) is 10.5 Å². The minimum atomic E-state index is -1.16. The Morgan fingerprint density at radius 3 is 2.61 bits per heavy atom. The molecule has 0 aliphatic carbocycles. The Labute approximate surface area is 132 Å². The summed E-state index contributed by atoms with van der Waals surface area (Å²) in [6.07, 6.45) is -0.123. The first-order valence-electron chi connectivity index (χ1n) is 7.01. The summed E-state index contributed by atoms with van der Waals surface area (Å²) in [6, 6.07) is -1.09. The van der Waals surface area contributed by atoms with Crippen molar-refractivity contribution < 1.29 is 24.2 Å². The molecule has 2 N–H and O–H groups in total. The van der Waals surface area contributed by atoms with Crippen LogP contribution in [0.1, 0.15) is 45.2 Å². The Bertz CT molecular complexity index is 691. The number of nitrogens with one attached hydrogen (secondary N) is 1. The van der Waals surface area contributed by atoms with Crippen LogP contribution in [0.15, 0.2) is 11.0 Å². The predicted octanol–water partition coefficient (Wildman–Crippen LogP) is 1.31. The van der Waals surface area contributed by atoms with Crippen molar-refractivity contribution >= 4 is 17.7 Å². The first-order valence-corrected chi connectivity index (χ1v) is 7.01. The third-order valence-corrected chi connectivity index (χ3v) is 3.26. The van der Waals surface area contributed by atoms with Gasteiger partial charge in [-0.3, -0.25) is 14.7 Å². The molecule has 0 spiro atoms. The van der Waals surface area contributed by atoms with Gasteiger partial charge in [0.05, 0.1) is 6.20 Å². The molecule has 9 nitrogen and oxygen atoms in total. The van der Waals surface area contributed by atoms with Gasteiger partial charge < -0.3 is 14.6 Å². The Morgan fingerprint density at radius 2 is 2.09 bits per heavy atom. The second kappa shape index (κ2) is 5.99. The minimum Gasteiger partial charge on any atom is -0.480 e. The number of methoxy groups -OCH3 is 1. The van der Waals surface area contributed by atoms with E-state index in [2.05, 4.69) is 10.3 Å². The Hall–Kier alpha value is -2.42. The summed E-state index contributed by atoms with van der Waals surface area (Å²) in [5, 5.41) is 11.6. The van der Waals surface area contributed by atoms with E-state index in [0.29, 0.717) is 0 Å². The molecule has 126 valence electrons. The van der Waals surface area contributed by atoms with Gasteiger partial charge in [0.25, 0.3) is 5.56 Å². The van der Waals surface area contributed by atoms with E-state index in [4.69, 9.17) is 9.47 Å². The van der Waals surface area contributed by atoms with Crippen molar-refractivity contribution in [3.8, 4) is 0 Å². The SMILES string of the molecule is CO[C@@H]1C[C@@H](C(=O)O)n2c1ncc(NC(=O)OC(C)(C)C)c2=O. The molecular weight excluding hydrogens is 306 g/mol. The molecule has 0 radical (unpaired) electrons. The summed E-state index contributed by atoms with van der Waals surface area (Å²) < 4.78 is 11.3. The molecule has 0 saturated carbocycles. The average molecular weight is 325 g/mol. The number of fused-ring (bicyclic) bond motifs is 1. The number of carbonyl (C=O) groups excluding carboxylic acids is 1. The van der Waals surface area contributed by atoms with E-state index in [1.807, 2.05) is 0 Å². The topological polar surface area (TPSA) is 120 Å². The third kappa shape index (κ3) is 3.50. The van der Waals surface area contributed by atoms with Gasteiger partial charge in [0.2, 0.25) is 0 Å². The molecular formula is C14H19N3O6. The van der Waals surface area contributed by atoms with Crippen LogP contribution < -0.4 is 10.9 Å². The van der Waals surface area contributed by atoms with Crippen LogP contribution >= 0.6 is 0 Å². The standard InChI is InChI=1S/C14H19N3O6/c1-14(2,3)23-13(21)16-7-6-15-10-9(22-4)5-8(12(19)20)17(10)11(7)18/h6,8-9H,5H2,1-4H3,(H,16,21)(H,19,20)/t8-,9+/m0/s1. The van der Waals surface area contributed by atoms with Crippen molar-refractivity contribution in [3.63, 3.8) is 0 Å². The van der Waals surface area contributed by atoms with E-state index in [1.165, 1.54) is 13.3 Å². The molecule has 1 aromatic heterocycles. The number of aliphatic carboxylic acids is 1. The van der Waals surface area contributed by atoms with Gasteiger partial charge in [0.1, 0.15) is 29.3 Å². The van der Waals surface area contributed by atoms with E-state index in [-0.39, 0.29) is 17.9 Å². The molecule has 2 heterocycles. The number of carboxylic acids is 1. The third-order valence-electron chi connectivity index (χ3n) is 3.26. The van der Waals surface area contributed by atoms with Gasteiger partial charge in [-0.25, -0.2) is 14.6 Å². The zero-order valence-electron chi connectivity index (χ0n) is 13.3.